The highest BCUT2D eigenvalue weighted by atomic mass is 16.5. The van der Waals surface area contributed by atoms with Crippen molar-refractivity contribution in [1.82, 2.24) is 19.9 Å². The summed E-state index contributed by atoms with van der Waals surface area (Å²) in [5.41, 5.74) is 5.19. The van der Waals surface area contributed by atoms with E-state index >= 15 is 0 Å². The minimum Gasteiger partial charge on any atom is -0.368 e. The largest absolute Gasteiger partial charge is 0.368 e. The zero-order valence-corrected chi connectivity index (χ0v) is 19.2. The molecule has 0 radical (unpaired) electrons. The molecule has 0 bridgehead atoms. The average Bonchev–Trinajstić information content (AvgIpc) is 2.92. The zero-order valence-electron chi connectivity index (χ0n) is 19.2. The van der Waals surface area contributed by atoms with Gasteiger partial charge in [0, 0.05) is 30.1 Å². The first-order valence-electron chi connectivity index (χ1n) is 11.4. The number of benzene rings is 2. The lowest BCUT2D eigenvalue weighted by molar-refractivity contribution is -0.0561. The molecule has 7 nitrogen and oxygen atoms in total. The molecule has 2 aromatic carbocycles. The molecule has 0 saturated heterocycles. The van der Waals surface area contributed by atoms with Gasteiger partial charge < -0.3 is 15.5 Å². The molecule has 0 aliphatic heterocycles. The van der Waals surface area contributed by atoms with Crippen LogP contribution in [0.5, 0.6) is 0 Å². The number of hydrogen-bond donors (Lipinski definition) is 3. The highest BCUT2D eigenvalue weighted by molar-refractivity contribution is 6.02. The van der Waals surface area contributed by atoms with Crippen LogP contribution in [0.1, 0.15) is 24.1 Å². The standard InChI is InChI=1S/C28H25N5O2/c1-18(28(34)35)20-14-21(16-29-15-20)26-32-24-12-7-11-23(19-8-3-2-4-9-19)25(24)27(33-26)31-17-22-10-5-6-13-30-22/h2-16,18,28,34-35H,17H2,1H3,(H,31,32,33). The molecule has 0 aliphatic rings. The quantitative estimate of drug-likeness (QED) is 0.298. The average molecular weight is 464 g/mol. The third-order valence-corrected chi connectivity index (χ3v) is 5.96. The summed E-state index contributed by atoms with van der Waals surface area (Å²) in [7, 11) is 0. The Kier molecular flexibility index (Phi) is 6.43. The highest BCUT2D eigenvalue weighted by Gasteiger charge is 2.17. The van der Waals surface area contributed by atoms with E-state index in [-0.39, 0.29) is 0 Å². The third-order valence-electron chi connectivity index (χ3n) is 5.96. The van der Waals surface area contributed by atoms with E-state index in [1.165, 1.54) is 0 Å². The van der Waals surface area contributed by atoms with E-state index in [0.717, 1.165) is 27.7 Å². The summed E-state index contributed by atoms with van der Waals surface area (Å²) in [5, 5.41) is 23.6. The number of aliphatic hydroxyl groups is 2. The van der Waals surface area contributed by atoms with Gasteiger partial charge in [0.1, 0.15) is 5.82 Å². The van der Waals surface area contributed by atoms with Gasteiger partial charge in [-0.2, -0.15) is 0 Å². The molecule has 0 spiro atoms. The topological polar surface area (TPSA) is 104 Å². The number of hydrogen-bond acceptors (Lipinski definition) is 7. The van der Waals surface area contributed by atoms with Crippen molar-refractivity contribution < 1.29 is 10.2 Å². The SMILES string of the molecule is CC(c1cncc(-c2nc(NCc3ccccn3)c3c(-c4ccccc4)cccc3n2)c1)C(O)O. The molecule has 3 N–H and O–H groups in total. The molecule has 1 unspecified atom stereocenters. The number of anilines is 1. The van der Waals surface area contributed by atoms with Gasteiger partial charge in [-0.3, -0.25) is 9.97 Å². The Labute approximate surface area is 203 Å². The van der Waals surface area contributed by atoms with E-state index in [0.29, 0.717) is 29.3 Å². The molecule has 0 fully saturated rings. The Morgan fingerprint density at radius 1 is 0.857 bits per heavy atom. The first-order chi connectivity index (χ1) is 17.1. The van der Waals surface area contributed by atoms with E-state index < -0.39 is 12.2 Å². The monoisotopic (exact) mass is 463 g/mol. The van der Waals surface area contributed by atoms with Gasteiger partial charge in [0.25, 0.3) is 0 Å². The lowest BCUT2D eigenvalue weighted by Crippen LogP contribution is -2.14. The van der Waals surface area contributed by atoms with Crippen LogP contribution in [0, 0.1) is 0 Å². The van der Waals surface area contributed by atoms with Crippen LogP contribution in [0.2, 0.25) is 0 Å². The number of nitrogens with one attached hydrogen (secondary N) is 1. The fourth-order valence-corrected chi connectivity index (χ4v) is 3.98. The smallest absolute Gasteiger partial charge is 0.163 e. The molecule has 5 aromatic rings. The summed E-state index contributed by atoms with van der Waals surface area (Å²) in [4.78, 5) is 18.5. The molecule has 3 aromatic heterocycles. The van der Waals surface area contributed by atoms with Gasteiger partial charge >= 0.3 is 0 Å². The maximum atomic E-state index is 9.62. The number of nitrogens with zero attached hydrogens (tertiary/aromatic N) is 4. The number of fused-ring (bicyclic) bond motifs is 1. The van der Waals surface area contributed by atoms with Crippen LogP contribution in [-0.4, -0.2) is 36.4 Å². The van der Waals surface area contributed by atoms with Crippen LogP contribution in [-0.2, 0) is 6.54 Å². The Morgan fingerprint density at radius 3 is 2.46 bits per heavy atom. The van der Waals surface area contributed by atoms with Crippen LogP contribution < -0.4 is 5.32 Å². The van der Waals surface area contributed by atoms with E-state index in [1.54, 1.807) is 25.5 Å². The zero-order chi connectivity index (χ0) is 24.2. The van der Waals surface area contributed by atoms with E-state index in [1.807, 2.05) is 54.6 Å². The second kappa shape index (κ2) is 9.97. The van der Waals surface area contributed by atoms with Crippen molar-refractivity contribution in [2.45, 2.75) is 25.7 Å². The van der Waals surface area contributed by atoms with Crippen LogP contribution in [0.25, 0.3) is 33.4 Å². The maximum absolute atomic E-state index is 9.62. The van der Waals surface area contributed by atoms with E-state index in [4.69, 9.17) is 9.97 Å². The molecule has 1 atom stereocenters. The molecular formula is C28H25N5O2. The predicted octanol–water partition coefficient (Wildman–Crippen LogP) is 4.78. The molecule has 35 heavy (non-hydrogen) atoms. The Morgan fingerprint density at radius 2 is 1.69 bits per heavy atom. The third kappa shape index (κ3) is 4.87. The number of rotatable bonds is 7. The molecule has 7 heteroatoms. The second-order valence-corrected chi connectivity index (χ2v) is 8.35. The van der Waals surface area contributed by atoms with Gasteiger partial charge in [-0.25, -0.2) is 9.97 Å². The fraction of sp³-hybridized carbons (Fsp3) is 0.143. The summed E-state index contributed by atoms with van der Waals surface area (Å²) in [6.07, 6.45) is 3.60. The van der Waals surface area contributed by atoms with Gasteiger partial charge in [0.15, 0.2) is 12.1 Å². The van der Waals surface area contributed by atoms with Crippen molar-refractivity contribution in [1.29, 1.82) is 0 Å². The van der Waals surface area contributed by atoms with Gasteiger partial charge in [-0.05, 0) is 41.0 Å². The maximum Gasteiger partial charge on any atom is 0.163 e. The van der Waals surface area contributed by atoms with Crippen LogP contribution >= 0.6 is 0 Å². The first kappa shape index (κ1) is 22.6. The first-order valence-corrected chi connectivity index (χ1v) is 11.4. The minimum atomic E-state index is -1.48. The van der Waals surface area contributed by atoms with Crippen molar-refractivity contribution in [3.8, 4) is 22.5 Å². The van der Waals surface area contributed by atoms with Gasteiger partial charge in [-0.15, -0.1) is 0 Å². The molecular weight excluding hydrogens is 438 g/mol. The van der Waals surface area contributed by atoms with Crippen molar-refractivity contribution in [3.63, 3.8) is 0 Å². The molecule has 0 saturated carbocycles. The molecule has 174 valence electrons. The van der Waals surface area contributed by atoms with Crippen LogP contribution in [0.15, 0.2) is 91.4 Å². The summed E-state index contributed by atoms with van der Waals surface area (Å²) < 4.78 is 0. The summed E-state index contributed by atoms with van der Waals surface area (Å²) in [5.74, 6) is 0.699. The predicted molar refractivity (Wildman–Crippen MR) is 136 cm³/mol. The highest BCUT2D eigenvalue weighted by Crippen LogP contribution is 2.34. The van der Waals surface area contributed by atoms with Crippen LogP contribution in [0.3, 0.4) is 0 Å². The van der Waals surface area contributed by atoms with Crippen molar-refractivity contribution in [3.05, 3.63) is 103 Å². The number of aromatic nitrogens is 4. The van der Waals surface area contributed by atoms with Gasteiger partial charge in [0.2, 0.25) is 0 Å². The minimum absolute atomic E-state index is 0.491. The number of aliphatic hydroxyl groups excluding tert-OH is 1. The lowest BCUT2D eigenvalue weighted by atomic mass is 10.00. The summed E-state index contributed by atoms with van der Waals surface area (Å²) in [6.45, 7) is 2.24. The Balaban J connectivity index is 1.65. The lowest BCUT2D eigenvalue weighted by Gasteiger charge is -2.16. The van der Waals surface area contributed by atoms with Crippen LogP contribution in [0.4, 0.5) is 5.82 Å². The summed E-state index contributed by atoms with van der Waals surface area (Å²) >= 11 is 0. The van der Waals surface area contributed by atoms with Gasteiger partial charge in [0.05, 0.1) is 23.1 Å². The van der Waals surface area contributed by atoms with Crippen molar-refractivity contribution >= 4 is 16.7 Å². The molecule has 0 amide bonds. The van der Waals surface area contributed by atoms with E-state index in [2.05, 4.69) is 33.5 Å². The van der Waals surface area contributed by atoms with Crippen molar-refractivity contribution in [2.75, 3.05) is 5.32 Å². The molecule has 5 rings (SSSR count). The Bertz CT molecular complexity index is 1440. The normalized spacial score (nSPS) is 12.1. The van der Waals surface area contributed by atoms with Gasteiger partial charge in [-0.1, -0.05) is 55.5 Å². The second-order valence-electron chi connectivity index (χ2n) is 8.35. The van der Waals surface area contributed by atoms with E-state index in [9.17, 15) is 10.2 Å². The Hall–Kier alpha value is -4.20. The molecule has 0 aliphatic carbocycles. The van der Waals surface area contributed by atoms with Crippen molar-refractivity contribution in [2.24, 2.45) is 0 Å². The molecule has 3 heterocycles. The number of pyridine rings is 2. The summed E-state index contributed by atoms with van der Waals surface area (Å²) in [6, 6.07) is 23.8. The fourth-order valence-electron chi connectivity index (χ4n) is 3.98.